The molecule has 1 N–H and O–H groups in total. The Hall–Kier alpha value is -1.75. The normalized spacial score (nSPS) is 12.4. The van der Waals surface area contributed by atoms with Crippen LogP contribution in [-0.4, -0.2) is 24.8 Å². The van der Waals surface area contributed by atoms with Gasteiger partial charge in [0.2, 0.25) is 0 Å². The Balaban J connectivity index is 2.88. The van der Waals surface area contributed by atoms with Crippen molar-refractivity contribution < 1.29 is 19.1 Å². The molecule has 1 rings (SSSR count). The van der Waals surface area contributed by atoms with Gasteiger partial charge in [0, 0.05) is 5.02 Å². The lowest BCUT2D eigenvalue weighted by Gasteiger charge is -2.22. The van der Waals surface area contributed by atoms with Crippen molar-refractivity contribution in [1.29, 1.82) is 0 Å². The molecule has 0 bridgehead atoms. The quantitative estimate of drug-likeness (QED) is 0.871. The number of hydrogen-bond donors (Lipinski definition) is 1. The van der Waals surface area contributed by atoms with E-state index >= 15 is 0 Å². The molecular formula is C14H18ClNO4. The van der Waals surface area contributed by atoms with Gasteiger partial charge in [-0.1, -0.05) is 23.7 Å². The molecule has 0 saturated heterocycles. The van der Waals surface area contributed by atoms with Gasteiger partial charge in [0.25, 0.3) is 0 Å². The minimum atomic E-state index is -0.938. The molecule has 110 valence electrons. The highest BCUT2D eigenvalue weighted by atomic mass is 35.5. The van der Waals surface area contributed by atoms with Gasteiger partial charge in [-0.25, -0.2) is 9.59 Å². The Labute approximate surface area is 123 Å². The number of rotatable bonds is 3. The molecule has 0 aliphatic rings. The molecule has 6 heteroatoms. The molecule has 1 amide bonds. The first kappa shape index (κ1) is 16.3. The molecule has 0 radical (unpaired) electrons. The summed E-state index contributed by atoms with van der Waals surface area (Å²) in [6.07, 6.45) is -0.692. The number of nitrogens with one attached hydrogen (secondary N) is 1. The lowest BCUT2D eigenvalue weighted by molar-refractivity contribution is -0.143. The van der Waals surface area contributed by atoms with Crippen molar-refractivity contribution in [1.82, 2.24) is 5.32 Å². The summed E-state index contributed by atoms with van der Waals surface area (Å²) in [7, 11) is 1.25. The van der Waals surface area contributed by atoms with Crippen LogP contribution in [0.4, 0.5) is 4.79 Å². The fraction of sp³-hybridized carbons (Fsp3) is 0.429. The van der Waals surface area contributed by atoms with Crippen LogP contribution < -0.4 is 5.32 Å². The zero-order valence-electron chi connectivity index (χ0n) is 11.9. The highest BCUT2D eigenvalue weighted by molar-refractivity contribution is 6.30. The first-order valence-corrected chi connectivity index (χ1v) is 6.43. The molecule has 1 aromatic carbocycles. The summed E-state index contributed by atoms with van der Waals surface area (Å²) < 4.78 is 9.81. The van der Waals surface area contributed by atoms with Gasteiger partial charge in [0.15, 0.2) is 6.04 Å². The second kappa shape index (κ2) is 6.61. The van der Waals surface area contributed by atoms with Crippen molar-refractivity contribution in [2.45, 2.75) is 32.4 Å². The molecule has 0 saturated carbocycles. The van der Waals surface area contributed by atoms with Gasteiger partial charge in [0.1, 0.15) is 5.60 Å². The van der Waals surface area contributed by atoms with Crippen LogP contribution >= 0.6 is 11.6 Å². The maximum Gasteiger partial charge on any atom is 0.408 e. The van der Waals surface area contributed by atoms with Crippen LogP contribution in [-0.2, 0) is 14.3 Å². The lowest BCUT2D eigenvalue weighted by atomic mass is 10.1. The smallest absolute Gasteiger partial charge is 0.408 e. The summed E-state index contributed by atoms with van der Waals surface area (Å²) in [5.74, 6) is -0.585. The zero-order valence-corrected chi connectivity index (χ0v) is 12.7. The van der Waals surface area contributed by atoms with E-state index in [9.17, 15) is 9.59 Å². The molecule has 0 aliphatic heterocycles. The van der Waals surface area contributed by atoms with Crippen LogP contribution in [0.3, 0.4) is 0 Å². The fourth-order valence-electron chi connectivity index (χ4n) is 1.48. The minimum Gasteiger partial charge on any atom is -0.467 e. The second-order valence-electron chi connectivity index (χ2n) is 5.15. The van der Waals surface area contributed by atoms with Gasteiger partial charge >= 0.3 is 12.1 Å². The average Bonchev–Trinajstić information content (AvgIpc) is 2.34. The van der Waals surface area contributed by atoms with Crippen molar-refractivity contribution in [3.05, 3.63) is 34.9 Å². The van der Waals surface area contributed by atoms with Crippen molar-refractivity contribution in [3.63, 3.8) is 0 Å². The Morgan fingerprint density at radius 2 is 1.75 bits per heavy atom. The average molecular weight is 300 g/mol. The maximum atomic E-state index is 11.8. The summed E-state index contributed by atoms with van der Waals surface area (Å²) >= 11 is 5.79. The molecule has 5 nitrogen and oxygen atoms in total. The van der Waals surface area contributed by atoms with E-state index in [0.29, 0.717) is 10.6 Å². The molecule has 0 heterocycles. The highest BCUT2D eigenvalue weighted by Crippen LogP contribution is 2.18. The van der Waals surface area contributed by atoms with Crippen LogP contribution in [0.15, 0.2) is 24.3 Å². The number of carbonyl (C=O) groups excluding carboxylic acids is 2. The third kappa shape index (κ3) is 5.09. The van der Waals surface area contributed by atoms with Gasteiger partial charge in [-0.05, 0) is 38.5 Å². The van der Waals surface area contributed by atoms with Gasteiger partial charge in [0.05, 0.1) is 7.11 Å². The Kier molecular flexibility index (Phi) is 5.39. The van der Waals surface area contributed by atoms with Crippen LogP contribution in [0.1, 0.15) is 32.4 Å². The molecule has 1 unspecified atom stereocenters. The van der Waals surface area contributed by atoms with Crippen molar-refractivity contribution in [3.8, 4) is 0 Å². The first-order chi connectivity index (χ1) is 9.23. The maximum absolute atomic E-state index is 11.8. The Morgan fingerprint density at radius 3 is 2.20 bits per heavy atom. The third-order valence-corrected chi connectivity index (χ3v) is 2.55. The molecule has 0 fully saturated rings. The van der Waals surface area contributed by atoms with E-state index in [1.807, 2.05) is 0 Å². The van der Waals surface area contributed by atoms with Crippen molar-refractivity contribution in [2.24, 2.45) is 0 Å². The number of carbonyl (C=O) groups is 2. The number of hydrogen-bond acceptors (Lipinski definition) is 4. The molecule has 0 aliphatic carbocycles. The first-order valence-electron chi connectivity index (χ1n) is 6.06. The van der Waals surface area contributed by atoms with Crippen LogP contribution in [0.5, 0.6) is 0 Å². The van der Waals surface area contributed by atoms with E-state index in [0.717, 1.165) is 0 Å². The Bertz CT molecular complexity index is 479. The van der Waals surface area contributed by atoms with E-state index in [1.165, 1.54) is 7.11 Å². The summed E-state index contributed by atoms with van der Waals surface area (Å²) in [5.41, 5.74) is -0.0859. The van der Waals surface area contributed by atoms with Crippen LogP contribution in [0.2, 0.25) is 5.02 Å². The number of amides is 1. The van der Waals surface area contributed by atoms with Gasteiger partial charge < -0.3 is 14.8 Å². The number of benzene rings is 1. The topological polar surface area (TPSA) is 64.6 Å². The number of esters is 1. The summed E-state index contributed by atoms with van der Waals surface area (Å²) in [6, 6.07) is 5.60. The van der Waals surface area contributed by atoms with Crippen LogP contribution in [0, 0.1) is 0 Å². The summed E-state index contributed by atoms with van der Waals surface area (Å²) in [6.45, 7) is 5.21. The predicted molar refractivity (Wildman–Crippen MR) is 75.6 cm³/mol. The fourth-order valence-corrected chi connectivity index (χ4v) is 1.60. The van der Waals surface area contributed by atoms with Crippen molar-refractivity contribution >= 4 is 23.7 Å². The molecule has 0 aromatic heterocycles. The SMILES string of the molecule is COC(=O)C(NC(=O)OC(C)(C)C)c1ccc(Cl)cc1. The second-order valence-corrected chi connectivity index (χ2v) is 5.59. The van der Waals surface area contributed by atoms with Crippen LogP contribution in [0.25, 0.3) is 0 Å². The highest BCUT2D eigenvalue weighted by Gasteiger charge is 2.26. The van der Waals surface area contributed by atoms with Gasteiger partial charge in [-0.3, -0.25) is 0 Å². The lowest BCUT2D eigenvalue weighted by Crippen LogP contribution is -2.38. The molecule has 1 aromatic rings. The largest absolute Gasteiger partial charge is 0.467 e. The predicted octanol–water partition coefficient (Wildman–Crippen LogP) is 3.08. The third-order valence-electron chi connectivity index (χ3n) is 2.30. The minimum absolute atomic E-state index is 0.537. The van der Waals surface area contributed by atoms with Gasteiger partial charge in [-0.15, -0.1) is 0 Å². The molecular weight excluding hydrogens is 282 g/mol. The number of methoxy groups -OCH3 is 1. The number of halogens is 1. The summed E-state index contributed by atoms with van der Waals surface area (Å²) in [5, 5.41) is 3.02. The number of alkyl carbamates (subject to hydrolysis) is 1. The monoisotopic (exact) mass is 299 g/mol. The standard InChI is InChI=1S/C14H18ClNO4/c1-14(2,3)20-13(18)16-11(12(17)19-4)9-5-7-10(15)8-6-9/h5-8,11H,1-4H3,(H,16,18). The van der Waals surface area contributed by atoms with E-state index in [4.69, 9.17) is 16.3 Å². The molecule has 1 atom stereocenters. The molecule has 20 heavy (non-hydrogen) atoms. The number of ether oxygens (including phenoxy) is 2. The Morgan fingerprint density at radius 1 is 1.20 bits per heavy atom. The van der Waals surface area contributed by atoms with E-state index in [-0.39, 0.29) is 0 Å². The van der Waals surface area contributed by atoms with Gasteiger partial charge in [-0.2, -0.15) is 0 Å². The summed E-state index contributed by atoms with van der Waals surface area (Å²) in [4.78, 5) is 23.5. The molecule has 0 spiro atoms. The van der Waals surface area contributed by atoms with E-state index in [1.54, 1.807) is 45.0 Å². The van der Waals surface area contributed by atoms with Crippen molar-refractivity contribution in [2.75, 3.05) is 7.11 Å². The van der Waals surface area contributed by atoms with E-state index in [2.05, 4.69) is 10.1 Å². The zero-order chi connectivity index (χ0) is 15.3. The van der Waals surface area contributed by atoms with E-state index < -0.39 is 23.7 Å².